The third-order valence-electron chi connectivity index (χ3n) is 6.00. The summed E-state index contributed by atoms with van der Waals surface area (Å²) in [6.45, 7) is 2.82. The van der Waals surface area contributed by atoms with Crippen molar-refractivity contribution < 1.29 is 14.0 Å². The molecule has 4 heterocycles. The third kappa shape index (κ3) is 4.27. The Balaban J connectivity index is 1.49. The Labute approximate surface area is 210 Å². The second-order valence-electron chi connectivity index (χ2n) is 8.30. The monoisotopic (exact) mass is 511 g/mol. The lowest BCUT2D eigenvalue weighted by Crippen LogP contribution is -2.46. The van der Waals surface area contributed by atoms with Gasteiger partial charge in [-0.2, -0.15) is 4.98 Å². The number of piperazine rings is 1. The van der Waals surface area contributed by atoms with E-state index in [0.29, 0.717) is 29.9 Å². The van der Waals surface area contributed by atoms with Crippen LogP contribution in [0.25, 0.3) is 22.2 Å². The number of hydrogen-bond acceptors (Lipinski definition) is 7. The molecule has 0 bridgehead atoms. The first-order chi connectivity index (χ1) is 17.4. The summed E-state index contributed by atoms with van der Waals surface area (Å²) >= 11 is 6.18. The highest BCUT2D eigenvalue weighted by Crippen LogP contribution is 2.30. The van der Waals surface area contributed by atoms with Crippen LogP contribution >= 0.6 is 11.6 Å². The standard InChI is InChI=1S/C24H23ClFN7O3/c1-31-13-15(11-19(31)23(35)32-8-6-27-7-9-32)29-24-28-12-14-10-16(20-17(25)4-3-5-18(20)26)22(34)33(36-2)21(14)30-24/h3-5,10-13,27H,6-9H2,1-2H3,(H,28,29,30). The molecule has 36 heavy (non-hydrogen) atoms. The molecule has 0 spiro atoms. The summed E-state index contributed by atoms with van der Waals surface area (Å²) in [6, 6.07) is 7.40. The minimum atomic E-state index is -0.629. The van der Waals surface area contributed by atoms with Crippen molar-refractivity contribution in [1.29, 1.82) is 0 Å². The largest absolute Gasteiger partial charge is 0.412 e. The van der Waals surface area contributed by atoms with Gasteiger partial charge in [-0.15, -0.1) is 4.73 Å². The summed E-state index contributed by atoms with van der Waals surface area (Å²) in [5.41, 5.74) is 0.701. The molecule has 2 N–H and O–H groups in total. The van der Waals surface area contributed by atoms with Gasteiger partial charge in [0.1, 0.15) is 18.6 Å². The van der Waals surface area contributed by atoms with Gasteiger partial charge in [0.25, 0.3) is 11.5 Å². The third-order valence-corrected chi connectivity index (χ3v) is 6.32. The van der Waals surface area contributed by atoms with Gasteiger partial charge in [0.05, 0.1) is 16.3 Å². The number of nitrogens with one attached hydrogen (secondary N) is 2. The van der Waals surface area contributed by atoms with E-state index in [4.69, 9.17) is 16.4 Å². The number of benzene rings is 1. The molecule has 5 rings (SSSR count). The SMILES string of the molecule is COn1c(=O)c(-c2c(F)cccc2Cl)cc2cnc(Nc3cc(C(=O)N4CCNCC4)n(C)c3)nc21. The molecule has 12 heteroatoms. The average Bonchev–Trinajstić information content (AvgIpc) is 3.24. The van der Waals surface area contributed by atoms with Crippen LogP contribution in [0.2, 0.25) is 5.02 Å². The summed E-state index contributed by atoms with van der Waals surface area (Å²) in [6.07, 6.45) is 3.25. The zero-order valence-corrected chi connectivity index (χ0v) is 20.3. The Hall–Kier alpha value is -3.96. The van der Waals surface area contributed by atoms with Crippen LogP contribution in [0.1, 0.15) is 10.5 Å². The number of rotatable bonds is 5. The second-order valence-corrected chi connectivity index (χ2v) is 8.71. The van der Waals surface area contributed by atoms with Crippen molar-refractivity contribution in [3.8, 4) is 11.1 Å². The van der Waals surface area contributed by atoms with Gasteiger partial charge in [-0.1, -0.05) is 17.7 Å². The Morgan fingerprint density at radius 1 is 1.25 bits per heavy atom. The number of pyridine rings is 1. The first kappa shape index (κ1) is 23.8. The van der Waals surface area contributed by atoms with Crippen molar-refractivity contribution in [2.75, 3.05) is 38.6 Å². The molecule has 186 valence electrons. The molecule has 0 atom stereocenters. The van der Waals surface area contributed by atoms with E-state index in [1.54, 1.807) is 28.8 Å². The highest BCUT2D eigenvalue weighted by atomic mass is 35.5. The fourth-order valence-electron chi connectivity index (χ4n) is 4.24. The van der Waals surface area contributed by atoms with Crippen LogP contribution in [0.3, 0.4) is 0 Å². The number of aryl methyl sites for hydroxylation is 1. The predicted octanol–water partition coefficient (Wildman–Crippen LogP) is 2.44. The highest BCUT2D eigenvalue weighted by molar-refractivity contribution is 6.33. The smallest absolute Gasteiger partial charge is 0.293 e. The first-order valence-corrected chi connectivity index (χ1v) is 11.6. The van der Waals surface area contributed by atoms with E-state index >= 15 is 0 Å². The molecule has 1 aliphatic rings. The topological polar surface area (TPSA) is 106 Å². The number of nitrogens with zero attached hydrogens (tertiary/aromatic N) is 5. The van der Waals surface area contributed by atoms with Crippen LogP contribution in [0.5, 0.6) is 0 Å². The summed E-state index contributed by atoms with van der Waals surface area (Å²) < 4.78 is 17.2. The molecule has 3 aromatic heterocycles. The molecule has 0 aliphatic carbocycles. The second kappa shape index (κ2) is 9.59. The fourth-order valence-corrected chi connectivity index (χ4v) is 4.50. The fraction of sp³-hybridized carbons (Fsp3) is 0.250. The maximum absolute atomic E-state index is 14.5. The number of carbonyl (C=O) groups excluding carboxylic acids is 1. The van der Waals surface area contributed by atoms with Gasteiger partial charge >= 0.3 is 0 Å². The van der Waals surface area contributed by atoms with E-state index in [9.17, 15) is 14.0 Å². The number of carbonyl (C=O) groups is 1. The Morgan fingerprint density at radius 2 is 2.03 bits per heavy atom. The number of halogens is 2. The Bertz CT molecular complexity index is 1510. The summed E-state index contributed by atoms with van der Waals surface area (Å²) in [5, 5.41) is 6.85. The van der Waals surface area contributed by atoms with Gasteiger partial charge in [0, 0.05) is 56.6 Å². The molecule has 1 saturated heterocycles. The van der Waals surface area contributed by atoms with Crippen molar-refractivity contribution in [2.24, 2.45) is 7.05 Å². The van der Waals surface area contributed by atoms with Gasteiger partial charge in [-0.25, -0.2) is 9.37 Å². The number of hydrogen-bond donors (Lipinski definition) is 2. The van der Waals surface area contributed by atoms with Crippen LogP contribution in [0.4, 0.5) is 16.0 Å². The van der Waals surface area contributed by atoms with Gasteiger partial charge < -0.3 is 24.9 Å². The molecule has 1 aliphatic heterocycles. The minimum Gasteiger partial charge on any atom is -0.412 e. The van der Waals surface area contributed by atoms with Crippen LogP contribution in [0.15, 0.2) is 47.5 Å². The Kier molecular flexibility index (Phi) is 6.33. The van der Waals surface area contributed by atoms with Crippen LogP contribution in [0, 0.1) is 5.82 Å². The van der Waals surface area contributed by atoms with Gasteiger partial charge in [-0.05, 0) is 24.3 Å². The van der Waals surface area contributed by atoms with E-state index in [2.05, 4.69) is 20.6 Å². The van der Waals surface area contributed by atoms with Crippen LogP contribution in [-0.2, 0) is 7.05 Å². The van der Waals surface area contributed by atoms with Crippen molar-refractivity contribution in [3.63, 3.8) is 0 Å². The maximum atomic E-state index is 14.5. The number of amides is 1. The van der Waals surface area contributed by atoms with Gasteiger partial charge in [0.15, 0.2) is 5.65 Å². The zero-order valence-electron chi connectivity index (χ0n) is 19.6. The van der Waals surface area contributed by atoms with E-state index in [-0.39, 0.29) is 33.7 Å². The molecule has 10 nitrogen and oxygen atoms in total. The highest BCUT2D eigenvalue weighted by Gasteiger charge is 2.22. The number of aromatic nitrogens is 4. The summed E-state index contributed by atoms with van der Waals surface area (Å²) in [4.78, 5) is 41.9. The molecule has 1 amide bonds. The van der Waals surface area contributed by atoms with E-state index in [1.807, 2.05) is 0 Å². The van der Waals surface area contributed by atoms with E-state index in [1.165, 1.54) is 37.6 Å². The van der Waals surface area contributed by atoms with Crippen molar-refractivity contribution in [1.82, 2.24) is 29.5 Å². The van der Waals surface area contributed by atoms with Crippen molar-refractivity contribution in [2.45, 2.75) is 0 Å². The van der Waals surface area contributed by atoms with Crippen LogP contribution in [-0.4, -0.2) is 63.4 Å². The molecule has 0 radical (unpaired) electrons. The molecular weight excluding hydrogens is 489 g/mol. The minimum absolute atomic E-state index is 0.0231. The molecule has 4 aromatic rings. The maximum Gasteiger partial charge on any atom is 0.293 e. The van der Waals surface area contributed by atoms with Crippen molar-refractivity contribution >= 4 is 40.2 Å². The Morgan fingerprint density at radius 3 is 2.75 bits per heavy atom. The number of anilines is 2. The van der Waals surface area contributed by atoms with E-state index < -0.39 is 11.4 Å². The van der Waals surface area contributed by atoms with E-state index in [0.717, 1.165) is 17.8 Å². The van der Waals surface area contributed by atoms with Crippen molar-refractivity contribution in [3.05, 3.63) is 69.6 Å². The van der Waals surface area contributed by atoms with Gasteiger partial charge in [0.2, 0.25) is 5.95 Å². The molecule has 1 fully saturated rings. The average molecular weight is 512 g/mol. The molecule has 1 aromatic carbocycles. The summed E-state index contributed by atoms with van der Waals surface area (Å²) in [7, 11) is 3.10. The lowest BCUT2D eigenvalue weighted by molar-refractivity contribution is 0.0726. The summed E-state index contributed by atoms with van der Waals surface area (Å²) in [5.74, 6) is -0.494. The number of fused-ring (bicyclic) bond motifs is 1. The quantitative estimate of drug-likeness (QED) is 0.424. The molecular formula is C24H23ClFN7O3. The lowest BCUT2D eigenvalue weighted by Gasteiger charge is -2.27. The predicted molar refractivity (Wildman–Crippen MR) is 134 cm³/mol. The van der Waals surface area contributed by atoms with Gasteiger partial charge in [-0.3, -0.25) is 9.59 Å². The van der Waals surface area contributed by atoms with Crippen LogP contribution < -0.4 is 21.0 Å². The molecule has 0 unspecified atom stereocenters. The molecule has 0 saturated carbocycles. The normalized spacial score (nSPS) is 13.7. The lowest BCUT2D eigenvalue weighted by atomic mass is 10.1. The first-order valence-electron chi connectivity index (χ1n) is 11.2. The zero-order chi connectivity index (χ0) is 25.4.